The first kappa shape index (κ1) is 12.2. The highest BCUT2D eigenvalue weighted by Crippen LogP contribution is 2.41. The summed E-state index contributed by atoms with van der Waals surface area (Å²) in [5.74, 6) is 0. The summed E-state index contributed by atoms with van der Waals surface area (Å²) in [5, 5.41) is 0. The summed E-state index contributed by atoms with van der Waals surface area (Å²) in [5.41, 5.74) is 13.6. The van der Waals surface area contributed by atoms with Gasteiger partial charge in [-0.15, -0.1) is 0 Å². The van der Waals surface area contributed by atoms with Gasteiger partial charge < -0.3 is 11.5 Å². The van der Waals surface area contributed by atoms with E-state index in [4.69, 9.17) is 11.5 Å². The Labute approximate surface area is 89.4 Å². The first-order valence-electron chi connectivity index (χ1n) is 6.03. The van der Waals surface area contributed by atoms with Crippen molar-refractivity contribution in [2.45, 2.75) is 69.4 Å². The summed E-state index contributed by atoms with van der Waals surface area (Å²) >= 11 is 0. The first-order chi connectivity index (χ1) is 6.52. The van der Waals surface area contributed by atoms with E-state index in [0.29, 0.717) is 11.7 Å². The van der Waals surface area contributed by atoms with Gasteiger partial charge in [-0.1, -0.05) is 38.8 Å². The number of hydrogen-bond donors (Lipinski definition) is 2. The second kappa shape index (κ2) is 4.77. The van der Waals surface area contributed by atoms with E-state index >= 15 is 0 Å². The molecule has 1 saturated heterocycles. The van der Waals surface area contributed by atoms with Crippen molar-refractivity contribution in [2.24, 2.45) is 11.5 Å². The Morgan fingerprint density at radius 3 is 2.50 bits per heavy atom. The van der Waals surface area contributed by atoms with Crippen molar-refractivity contribution in [1.29, 1.82) is 0 Å². The highest BCUT2D eigenvalue weighted by molar-refractivity contribution is 6.81. The van der Waals surface area contributed by atoms with Gasteiger partial charge in [0.15, 0.2) is 0 Å². The zero-order valence-corrected chi connectivity index (χ0v) is 10.9. The minimum absolute atomic E-state index is 0.351. The van der Waals surface area contributed by atoms with Gasteiger partial charge in [-0.2, -0.15) is 0 Å². The van der Waals surface area contributed by atoms with Gasteiger partial charge in [0.25, 0.3) is 0 Å². The second-order valence-electron chi connectivity index (χ2n) is 5.23. The Morgan fingerprint density at radius 2 is 2.00 bits per heavy atom. The van der Waals surface area contributed by atoms with Gasteiger partial charge in [0.2, 0.25) is 0 Å². The van der Waals surface area contributed by atoms with Crippen molar-refractivity contribution in [3.63, 3.8) is 0 Å². The predicted molar refractivity (Wildman–Crippen MR) is 65.9 cm³/mol. The molecule has 0 aromatic heterocycles. The molecule has 0 bridgehead atoms. The molecular weight excluding hydrogens is 188 g/mol. The standard InChI is InChI=1S/C11H26N2Si/c1-4-11(13)14(3)8-6-5-7-10(14)9(2)12/h9-11H,4-8,12-13H2,1-3H3. The molecule has 4 N–H and O–H groups in total. The maximum atomic E-state index is 6.32. The van der Waals surface area contributed by atoms with Crippen molar-refractivity contribution in [3.8, 4) is 0 Å². The lowest BCUT2D eigenvalue weighted by atomic mass is 10.1. The highest BCUT2D eigenvalue weighted by Gasteiger charge is 2.43. The molecule has 1 aliphatic heterocycles. The summed E-state index contributed by atoms with van der Waals surface area (Å²) in [7, 11) is -1.28. The lowest BCUT2D eigenvalue weighted by Gasteiger charge is -2.45. The van der Waals surface area contributed by atoms with Crippen LogP contribution in [0.5, 0.6) is 0 Å². The minimum atomic E-state index is -1.28. The van der Waals surface area contributed by atoms with Gasteiger partial charge in [-0.3, -0.25) is 0 Å². The van der Waals surface area contributed by atoms with E-state index in [9.17, 15) is 0 Å². The van der Waals surface area contributed by atoms with Crippen molar-refractivity contribution >= 4 is 8.07 Å². The third-order valence-corrected chi connectivity index (χ3v) is 10.3. The summed E-state index contributed by atoms with van der Waals surface area (Å²) in [6, 6.07) is 1.75. The minimum Gasteiger partial charge on any atom is -0.330 e. The molecule has 4 unspecified atom stereocenters. The number of nitrogens with two attached hydrogens (primary N) is 2. The molecule has 4 atom stereocenters. The molecular formula is C11H26N2Si. The lowest BCUT2D eigenvalue weighted by molar-refractivity contribution is 0.524. The zero-order chi connectivity index (χ0) is 10.8. The molecule has 2 nitrogen and oxygen atoms in total. The van der Waals surface area contributed by atoms with E-state index in [0.717, 1.165) is 12.0 Å². The smallest absolute Gasteiger partial charge is 0.0738 e. The summed E-state index contributed by atoms with van der Waals surface area (Å²) in [6.07, 6.45) is 5.21. The summed E-state index contributed by atoms with van der Waals surface area (Å²) in [4.78, 5) is 0. The summed E-state index contributed by atoms with van der Waals surface area (Å²) < 4.78 is 0. The highest BCUT2D eigenvalue weighted by atomic mass is 28.3. The van der Waals surface area contributed by atoms with E-state index in [2.05, 4.69) is 20.4 Å². The number of hydrogen-bond acceptors (Lipinski definition) is 2. The average molecular weight is 214 g/mol. The van der Waals surface area contributed by atoms with Gasteiger partial charge in [0, 0.05) is 6.04 Å². The Morgan fingerprint density at radius 1 is 1.36 bits per heavy atom. The summed E-state index contributed by atoms with van der Waals surface area (Å²) in [6.45, 7) is 6.87. The SMILES string of the molecule is CCC(N)[Si]1(C)CCCCC1C(C)N. The maximum absolute atomic E-state index is 6.32. The molecule has 1 fully saturated rings. The molecule has 0 spiro atoms. The lowest BCUT2D eigenvalue weighted by Crippen LogP contribution is -2.58. The van der Waals surface area contributed by atoms with E-state index in [1.807, 2.05) is 0 Å². The quantitative estimate of drug-likeness (QED) is 0.708. The Bertz CT molecular complexity index is 184. The topological polar surface area (TPSA) is 52.0 Å². The van der Waals surface area contributed by atoms with Crippen molar-refractivity contribution in [1.82, 2.24) is 0 Å². The first-order valence-corrected chi connectivity index (χ1v) is 8.89. The van der Waals surface area contributed by atoms with Gasteiger partial charge >= 0.3 is 0 Å². The molecule has 0 aromatic carbocycles. The molecule has 14 heavy (non-hydrogen) atoms. The fourth-order valence-electron chi connectivity index (χ4n) is 3.18. The monoisotopic (exact) mass is 214 g/mol. The van der Waals surface area contributed by atoms with E-state index in [-0.39, 0.29) is 0 Å². The van der Waals surface area contributed by atoms with Crippen LogP contribution in [0.15, 0.2) is 0 Å². The molecule has 1 aliphatic rings. The van der Waals surface area contributed by atoms with Crippen LogP contribution in [-0.2, 0) is 0 Å². The van der Waals surface area contributed by atoms with E-state index in [1.165, 1.54) is 25.3 Å². The van der Waals surface area contributed by atoms with Crippen LogP contribution in [0.1, 0.15) is 39.5 Å². The van der Waals surface area contributed by atoms with Crippen LogP contribution in [0.3, 0.4) is 0 Å². The third-order valence-electron chi connectivity index (χ3n) is 4.25. The molecule has 0 saturated carbocycles. The van der Waals surface area contributed by atoms with Crippen LogP contribution in [0, 0.1) is 0 Å². The van der Waals surface area contributed by atoms with Crippen molar-refractivity contribution in [3.05, 3.63) is 0 Å². The van der Waals surface area contributed by atoms with Crippen LogP contribution < -0.4 is 11.5 Å². The molecule has 0 aliphatic carbocycles. The molecule has 0 amide bonds. The molecule has 1 heterocycles. The van der Waals surface area contributed by atoms with Crippen LogP contribution >= 0.6 is 0 Å². The second-order valence-corrected chi connectivity index (χ2v) is 10.2. The maximum Gasteiger partial charge on any atom is 0.0738 e. The predicted octanol–water partition coefficient (Wildman–Crippen LogP) is 2.24. The largest absolute Gasteiger partial charge is 0.330 e. The van der Waals surface area contributed by atoms with E-state index < -0.39 is 8.07 Å². The molecule has 0 radical (unpaired) electrons. The molecule has 0 aromatic rings. The fraction of sp³-hybridized carbons (Fsp3) is 1.00. The molecule has 84 valence electrons. The van der Waals surface area contributed by atoms with E-state index in [1.54, 1.807) is 0 Å². The molecule has 3 heteroatoms. The van der Waals surface area contributed by atoms with Crippen molar-refractivity contribution in [2.75, 3.05) is 0 Å². The van der Waals surface area contributed by atoms with Gasteiger partial charge in [-0.25, -0.2) is 0 Å². The average Bonchev–Trinajstić information content (AvgIpc) is 2.16. The van der Waals surface area contributed by atoms with Crippen LogP contribution in [0.25, 0.3) is 0 Å². The van der Waals surface area contributed by atoms with Gasteiger partial charge in [-0.05, 0) is 24.6 Å². The van der Waals surface area contributed by atoms with Crippen LogP contribution in [-0.4, -0.2) is 19.8 Å². The van der Waals surface area contributed by atoms with Crippen LogP contribution in [0.4, 0.5) is 0 Å². The third kappa shape index (κ3) is 2.20. The van der Waals surface area contributed by atoms with Gasteiger partial charge in [0.05, 0.1) is 8.07 Å². The Balaban J connectivity index is 2.79. The van der Waals surface area contributed by atoms with Gasteiger partial charge in [0.1, 0.15) is 0 Å². The normalized spacial score (nSPS) is 37.9. The zero-order valence-electron chi connectivity index (χ0n) is 9.92. The Kier molecular flexibility index (Phi) is 4.16. The Hall–Kier alpha value is 0.137. The van der Waals surface area contributed by atoms with Crippen molar-refractivity contribution < 1.29 is 0 Å². The molecule has 1 rings (SSSR count). The van der Waals surface area contributed by atoms with Crippen LogP contribution in [0.2, 0.25) is 18.1 Å². The fourth-order valence-corrected chi connectivity index (χ4v) is 8.48. The number of rotatable bonds is 3.